The summed E-state index contributed by atoms with van der Waals surface area (Å²) in [5.41, 5.74) is 1.68. The Morgan fingerprint density at radius 1 is 1.39 bits per heavy atom. The summed E-state index contributed by atoms with van der Waals surface area (Å²) < 4.78 is 25.7. The molecule has 1 aromatic carbocycles. The number of benzene rings is 1. The molecular formula is C13H12N4O4S2. The summed E-state index contributed by atoms with van der Waals surface area (Å²) in [6, 6.07) is 3.99. The highest BCUT2D eigenvalue weighted by molar-refractivity contribution is 7.90. The van der Waals surface area contributed by atoms with Crippen LogP contribution in [0, 0.1) is 0 Å². The fourth-order valence-electron chi connectivity index (χ4n) is 2.24. The summed E-state index contributed by atoms with van der Waals surface area (Å²) in [5, 5.41) is 10.1. The van der Waals surface area contributed by atoms with E-state index in [1.807, 2.05) is 0 Å². The van der Waals surface area contributed by atoms with Crippen molar-refractivity contribution in [2.75, 3.05) is 11.9 Å². The van der Waals surface area contributed by atoms with Gasteiger partial charge in [-0.1, -0.05) is 18.3 Å². The van der Waals surface area contributed by atoms with Crippen LogP contribution in [0.15, 0.2) is 28.6 Å². The van der Waals surface area contributed by atoms with E-state index in [-0.39, 0.29) is 22.6 Å². The molecule has 2 aromatic rings. The highest BCUT2D eigenvalue weighted by atomic mass is 32.2. The second kappa shape index (κ2) is 5.70. The average Bonchev–Trinajstić information content (AvgIpc) is 3.09. The zero-order chi connectivity index (χ0) is 16.6. The maximum Gasteiger partial charge on any atom is 0.269 e. The van der Waals surface area contributed by atoms with Crippen molar-refractivity contribution in [3.05, 3.63) is 34.8 Å². The fourth-order valence-corrected chi connectivity index (χ4v) is 4.36. The molecule has 2 amide bonds. The van der Waals surface area contributed by atoms with Crippen molar-refractivity contribution in [2.45, 2.75) is 18.2 Å². The molecule has 0 radical (unpaired) electrons. The third-order valence-electron chi connectivity index (χ3n) is 3.28. The summed E-state index contributed by atoms with van der Waals surface area (Å²) in [4.78, 5) is 24.2. The molecule has 1 N–H and O–H groups in total. The van der Waals surface area contributed by atoms with Gasteiger partial charge in [0, 0.05) is 12.1 Å². The molecule has 0 aliphatic carbocycles. The van der Waals surface area contributed by atoms with Gasteiger partial charge in [0.2, 0.25) is 5.13 Å². The fraction of sp³-hybridized carbons (Fsp3) is 0.231. The van der Waals surface area contributed by atoms with E-state index in [1.54, 1.807) is 6.92 Å². The average molecular weight is 352 g/mol. The van der Waals surface area contributed by atoms with E-state index >= 15 is 0 Å². The van der Waals surface area contributed by atoms with E-state index in [2.05, 4.69) is 15.5 Å². The molecule has 8 nitrogen and oxygen atoms in total. The predicted molar refractivity (Wildman–Crippen MR) is 82.8 cm³/mol. The van der Waals surface area contributed by atoms with Crippen molar-refractivity contribution in [3.8, 4) is 0 Å². The molecule has 10 heteroatoms. The lowest BCUT2D eigenvalue weighted by atomic mass is 10.1. The molecule has 0 spiro atoms. The highest BCUT2D eigenvalue weighted by Gasteiger charge is 2.40. The number of fused-ring (bicyclic) bond motifs is 1. The first-order valence-corrected chi connectivity index (χ1v) is 9.05. The Morgan fingerprint density at radius 3 is 2.83 bits per heavy atom. The molecule has 3 rings (SSSR count). The second-order valence-electron chi connectivity index (χ2n) is 4.79. The Morgan fingerprint density at radius 2 is 2.17 bits per heavy atom. The smallest absolute Gasteiger partial charge is 0.269 e. The Kier molecular flexibility index (Phi) is 3.86. The van der Waals surface area contributed by atoms with Gasteiger partial charge in [0.05, 0.1) is 5.56 Å². The summed E-state index contributed by atoms with van der Waals surface area (Å²) in [7, 11) is -3.90. The molecule has 2 heterocycles. The number of sulfonamides is 1. The third-order valence-corrected chi connectivity index (χ3v) is 5.70. The van der Waals surface area contributed by atoms with Crippen molar-refractivity contribution < 1.29 is 18.0 Å². The van der Waals surface area contributed by atoms with Crippen LogP contribution in [-0.2, 0) is 10.0 Å². The normalized spacial score (nSPS) is 15.5. The minimum Gasteiger partial charge on any atom is -0.296 e. The van der Waals surface area contributed by atoms with Crippen LogP contribution in [0.25, 0.3) is 0 Å². The molecule has 1 aromatic heterocycles. The van der Waals surface area contributed by atoms with E-state index in [0.717, 1.165) is 15.6 Å². The van der Waals surface area contributed by atoms with Crippen LogP contribution >= 0.6 is 11.3 Å². The number of amides is 2. The first-order chi connectivity index (χ1) is 10.9. The van der Waals surface area contributed by atoms with Gasteiger partial charge in [0.1, 0.15) is 10.4 Å². The van der Waals surface area contributed by atoms with Gasteiger partial charge in [-0.2, -0.15) is 0 Å². The number of hydrogen-bond donors (Lipinski definition) is 1. The number of hydrogen-bond acceptors (Lipinski definition) is 7. The van der Waals surface area contributed by atoms with Gasteiger partial charge in [-0.3, -0.25) is 14.9 Å². The van der Waals surface area contributed by atoms with Crippen molar-refractivity contribution >= 4 is 38.3 Å². The number of carbonyl (C=O) groups is 2. The first-order valence-electron chi connectivity index (χ1n) is 6.73. The van der Waals surface area contributed by atoms with Crippen molar-refractivity contribution in [1.82, 2.24) is 14.5 Å². The largest absolute Gasteiger partial charge is 0.296 e. The van der Waals surface area contributed by atoms with Crippen LogP contribution in [0.2, 0.25) is 0 Å². The molecule has 1 aliphatic rings. The minimum atomic E-state index is -3.90. The lowest BCUT2D eigenvalue weighted by molar-refractivity contribution is 0.0870. The Balaban J connectivity index is 1.96. The van der Waals surface area contributed by atoms with Crippen LogP contribution in [0.4, 0.5) is 5.13 Å². The quantitative estimate of drug-likeness (QED) is 0.889. The zero-order valence-electron chi connectivity index (χ0n) is 12.0. The van der Waals surface area contributed by atoms with E-state index in [1.165, 1.54) is 23.7 Å². The monoisotopic (exact) mass is 352 g/mol. The molecule has 0 fully saturated rings. The van der Waals surface area contributed by atoms with Crippen molar-refractivity contribution in [1.29, 1.82) is 0 Å². The van der Waals surface area contributed by atoms with Crippen LogP contribution in [-0.4, -0.2) is 41.3 Å². The zero-order valence-corrected chi connectivity index (χ0v) is 13.6. The number of anilines is 1. The Bertz CT molecular complexity index is 877. The number of aromatic nitrogens is 2. The van der Waals surface area contributed by atoms with Crippen LogP contribution < -0.4 is 5.32 Å². The standard InChI is InChI=1S/C13H12N4O4S2/c1-2-5-17-12(19)9-4-3-8(6-10(9)23(17,20)21)11(18)15-13-16-14-7-22-13/h3-4,6-7H,2,5H2,1H3,(H,15,16,18). The topological polar surface area (TPSA) is 109 Å². The lowest BCUT2D eigenvalue weighted by Crippen LogP contribution is -2.30. The van der Waals surface area contributed by atoms with Gasteiger partial charge in [-0.15, -0.1) is 10.2 Å². The van der Waals surface area contributed by atoms with E-state index in [0.29, 0.717) is 11.6 Å². The van der Waals surface area contributed by atoms with Gasteiger partial charge in [0.15, 0.2) is 0 Å². The van der Waals surface area contributed by atoms with Crippen LogP contribution in [0.5, 0.6) is 0 Å². The number of rotatable bonds is 4. The summed E-state index contributed by atoms with van der Waals surface area (Å²) in [6.45, 7) is 1.90. The second-order valence-corrected chi connectivity index (χ2v) is 7.46. The number of carbonyl (C=O) groups excluding carboxylic acids is 2. The molecule has 0 unspecified atom stereocenters. The number of nitrogens with zero attached hydrogens (tertiary/aromatic N) is 3. The molecule has 0 bridgehead atoms. The maximum absolute atomic E-state index is 12.4. The predicted octanol–water partition coefficient (Wildman–Crippen LogP) is 1.34. The molecule has 1 aliphatic heterocycles. The summed E-state index contributed by atoms with van der Waals surface area (Å²) in [5.74, 6) is -1.07. The third kappa shape index (κ3) is 2.59. The van der Waals surface area contributed by atoms with E-state index in [4.69, 9.17) is 0 Å². The Labute approximate surface area is 136 Å². The Hall–Kier alpha value is -2.33. The van der Waals surface area contributed by atoms with Gasteiger partial charge in [0.25, 0.3) is 21.8 Å². The molecule has 120 valence electrons. The van der Waals surface area contributed by atoms with Crippen LogP contribution in [0.3, 0.4) is 0 Å². The van der Waals surface area contributed by atoms with Crippen LogP contribution in [0.1, 0.15) is 34.1 Å². The van der Waals surface area contributed by atoms with E-state index in [9.17, 15) is 18.0 Å². The van der Waals surface area contributed by atoms with Gasteiger partial charge < -0.3 is 0 Å². The minimum absolute atomic E-state index is 0.0888. The highest BCUT2D eigenvalue weighted by Crippen LogP contribution is 2.31. The number of nitrogens with one attached hydrogen (secondary N) is 1. The summed E-state index contributed by atoms with van der Waals surface area (Å²) >= 11 is 1.14. The molecular weight excluding hydrogens is 340 g/mol. The van der Waals surface area contributed by atoms with Crippen molar-refractivity contribution in [3.63, 3.8) is 0 Å². The maximum atomic E-state index is 12.4. The molecule has 0 atom stereocenters. The van der Waals surface area contributed by atoms with Gasteiger partial charge >= 0.3 is 0 Å². The van der Waals surface area contributed by atoms with E-state index < -0.39 is 21.8 Å². The van der Waals surface area contributed by atoms with Crippen molar-refractivity contribution in [2.24, 2.45) is 0 Å². The first kappa shape index (κ1) is 15.6. The summed E-state index contributed by atoms with van der Waals surface area (Å²) in [6.07, 6.45) is 0.517. The van der Waals surface area contributed by atoms with Gasteiger partial charge in [-0.05, 0) is 24.6 Å². The molecule has 0 saturated heterocycles. The lowest BCUT2D eigenvalue weighted by Gasteiger charge is -2.13. The van der Waals surface area contributed by atoms with Gasteiger partial charge in [-0.25, -0.2) is 12.7 Å². The molecule has 23 heavy (non-hydrogen) atoms. The SMILES string of the molecule is CCCN1C(=O)c2ccc(C(=O)Nc3nncs3)cc2S1(=O)=O. The molecule has 0 saturated carbocycles.